The van der Waals surface area contributed by atoms with Gasteiger partial charge in [-0.3, -0.25) is 19.6 Å². The maximum atomic E-state index is 12.7. The van der Waals surface area contributed by atoms with Gasteiger partial charge in [0.15, 0.2) is 0 Å². The highest BCUT2D eigenvalue weighted by Gasteiger charge is 2.58. The average molecular weight is 310 g/mol. The third-order valence-corrected chi connectivity index (χ3v) is 2.52. The molecule has 0 aliphatic heterocycles. The Hall–Kier alpha value is -2.66. The van der Waals surface area contributed by atoms with Gasteiger partial charge in [-0.05, 0) is 6.92 Å². The van der Waals surface area contributed by atoms with Crippen LogP contribution in [0.4, 0.5) is 18.9 Å². The smallest absolute Gasteiger partial charge is 0.422 e. The van der Waals surface area contributed by atoms with Crippen molar-refractivity contribution in [3.8, 4) is 0 Å². The lowest BCUT2D eigenvalue weighted by Gasteiger charge is -2.28. The first-order chi connectivity index (χ1) is 9.47. The van der Waals surface area contributed by atoms with Gasteiger partial charge in [-0.2, -0.15) is 18.3 Å². The SMILES string of the molecule is CC(NC(=O)Cn1cc([N+](=O)[O-])cn1)(C(=O)O)C(F)(F)F. The number of aliphatic carboxylic acids is 1. The van der Waals surface area contributed by atoms with Gasteiger partial charge in [-0.15, -0.1) is 0 Å². The maximum Gasteiger partial charge on any atom is 0.422 e. The minimum atomic E-state index is -5.22. The third-order valence-electron chi connectivity index (χ3n) is 2.52. The van der Waals surface area contributed by atoms with Crippen LogP contribution in [0.5, 0.6) is 0 Å². The second-order valence-electron chi connectivity index (χ2n) is 4.13. The average Bonchev–Trinajstić information content (AvgIpc) is 2.75. The van der Waals surface area contributed by atoms with E-state index in [1.165, 1.54) is 5.32 Å². The number of carbonyl (C=O) groups excluding carboxylic acids is 1. The first-order valence-corrected chi connectivity index (χ1v) is 5.25. The van der Waals surface area contributed by atoms with E-state index in [4.69, 9.17) is 5.11 Å². The zero-order valence-electron chi connectivity index (χ0n) is 10.4. The van der Waals surface area contributed by atoms with Crippen molar-refractivity contribution in [3.63, 3.8) is 0 Å². The highest BCUT2D eigenvalue weighted by atomic mass is 19.4. The van der Waals surface area contributed by atoms with Crippen LogP contribution in [0.2, 0.25) is 0 Å². The number of rotatable bonds is 5. The van der Waals surface area contributed by atoms with E-state index in [0.29, 0.717) is 11.6 Å². The predicted molar refractivity (Wildman–Crippen MR) is 59.1 cm³/mol. The molecule has 0 aliphatic rings. The standard InChI is InChI=1S/C9H9F3N4O5/c1-8(7(18)19,9(10,11)12)14-6(17)4-15-3-5(2-13-15)16(20)21/h2-3H,4H2,1H3,(H,14,17)(H,18,19). The van der Waals surface area contributed by atoms with Crippen LogP contribution in [-0.4, -0.2) is 43.4 Å². The number of nitrogens with one attached hydrogen (secondary N) is 1. The Morgan fingerprint density at radius 3 is 2.48 bits per heavy atom. The van der Waals surface area contributed by atoms with Gasteiger partial charge in [0, 0.05) is 0 Å². The number of carboxylic acids is 1. The predicted octanol–water partition coefficient (Wildman–Crippen LogP) is 0.313. The summed E-state index contributed by atoms with van der Waals surface area (Å²) >= 11 is 0. The molecule has 1 unspecified atom stereocenters. The minimum absolute atomic E-state index is 0.290. The molecule has 9 nitrogen and oxygen atoms in total. The number of carbonyl (C=O) groups is 2. The fourth-order valence-electron chi connectivity index (χ4n) is 1.24. The number of carboxylic acid groups (broad SMARTS) is 1. The number of halogens is 3. The highest BCUT2D eigenvalue weighted by molar-refractivity contribution is 5.87. The Morgan fingerprint density at radius 2 is 2.10 bits per heavy atom. The summed E-state index contributed by atoms with van der Waals surface area (Å²) in [5.74, 6) is -3.59. The molecule has 116 valence electrons. The molecule has 1 amide bonds. The number of hydrogen-bond acceptors (Lipinski definition) is 5. The van der Waals surface area contributed by atoms with Crippen molar-refractivity contribution in [1.82, 2.24) is 15.1 Å². The van der Waals surface area contributed by atoms with Crippen LogP contribution in [0, 0.1) is 10.1 Å². The van der Waals surface area contributed by atoms with Crippen LogP contribution in [0.1, 0.15) is 6.92 Å². The molecule has 0 saturated heterocycles. The van der Waals surface area contributed by atoms with Crippen LogP contribution in [-0.2, 0) is 16.1 Å². The van der Waals surface area contributed by atoms with E-state index in [-0.39, 0.29) is 0 Å². The summed E-state index contributed by atoms with van der Waals surface area (Å²) in [6.07, 6.45) is -3.59. The Kier molecular flexibility index (Phi) is 4.20. The normalized spacial score (nSPS) is 14.3. The summed E-state index contributed by atoms with van der Waals surface area (Å²) in [6.45, 7) is -0.508. The summed E-state index contributed by atoms with van der Waals surface area (Å²) < 4.78 is 38.7. The van der Waals surface area contributed by atoms with Crippen LogP contribution < -0.4 is 5.32 Å². The van der Waals surface area contributed by atoms with Crippen LogP contribution >= 0.6 is 0 Å². The lowest BCUT2D eigenvalue weighted by Crippen LogP contribution is -2.62. The molecule has 0 fully saturated rings. The monoisotopic (exact) mass is 310 g/mol. The first kappa shape index (κ1) is 16.4. The third kappa shape index (κ3) is 3.46. The van der Waals surface area contributed by atoms with Gasteiger partial charge in [0.05, 0.1) is 4.92 Å². The molecule has 0 spiro atoms. The van der Waals surface area contributed by atoms with E-state index in [1.54, 1.807) is 0 Å². The molecule has 1 atom stereocenters. The molecule has 1 rings (SSSR count). The number of alkyl halides is 3. The molecule has 0 aromatic carbocycles. The highest BCUT2D eigenvalue weighted by Crippen LogP contribution is 2.30. The van der Waals surface area contributed by atoms with Gasteiger partial charge in [0.1, 0.15) is 18.9 Å². The fraction of sp³-hybridized carbons (Fsp3) is 0.444. The molecule has 0 aliphatic carbocycles. The maximum absolute atomic E-state index is 12.7. The van der Waals surface area contributed by atoms with Crippen LogP contribution in [0.15, 0.2) is 12.4 Å². The molecule has 0 saturated carbocycles. The lowest BCUT2D eigenvalue weighted by molar-refractivity contribution is -0.385. The largest absolute Gasteiger partial charge is 0.479 e. The summed E-state index contributed by atoms with van der Waals surface area (Å²) in [7, 11) is 0. The number of amides is 1. The number of nitrogens with zero attached hydrogens (tertiary/aromatic N) is 3. The van der Waals surface area contributed by atoms with Crippen molar-refractivity contribution in [1.29, 1.82) is 0 Å². The minimum Gasteiger partial charge on any atom is -0.479 e. The van der Waals surface area contributed by atoms with E-state index in [0.717, 1.165) is 12.4 Å². The molecule has 2 N–H and O–H groups in total. The molecular weight excluding hydrogens is 301 g/mol. The van der Waals surface area contributed by atoms with Crippen molar-refractivity contribution in [2.75, 3.05) is 0 Å². The van der Waals surface area contributed by atoms with E-state index in [1.807, 2.05) is 0 Å². The second kappa shape index (κ2) is 5.38. The van der Waals surface area contributed by atoms with Gasteiger partial charge >= 0.3 is 17.8 Å². The summed E-state index contributed by atoms with van der Waals surface area (Å²) in [6, 6.07) is 0. The Labute approximate surface area is 114 Å². The van der Waals surface area contributed by atoms with Crippen molar-refractivity contribution < 1.29 is 32.8 Å². The second-order valence-corrected chi connectivity index (χ2v) is 4.13. The molecule has 1 aromatic rings. The topological polar surface area (TPSA) is 127 Å². The van der Waals surface area contributed by atoms with Crippen molar-refractivity contribution in [2.24, 2.45) is 0 Å². The van der Waals surface area contributed by atoms with Crippen molar-refractivity contribution in [3.05, 3.63) is 22.5 Å². The van der Waals surface area contributed by atoms with E-state index < -0.39 is 40.7 Å². The summed E-state index contributed by atoms with van der Waals surface area (Å²) in [5, 5.41) is 23.7. The molecule has 0 bridgehead atoms. The Bertz CT molecular complexity index is 584. The number of hydrogen-bond donors (Lipinski definition) is 2. The van der Waals surface area contributed by atoms with Gasteiger partial charge in [-0.1, -0.05) is 0 Å². The molecule has 21 heavy (non-hydrogen) atoms. The van der Waals surface area contributed by atoms with Gasteiger partial charge in [0.2, 0.25) is 11.4 Å². The summed E-state index contributed by atoms with van der Waals surface area (Å²) in [4.78, 5) is 31.7. The van der Waals surface area contributed by atoms with E-state index >= 15 is 0 Å². The summed E-state index contributed by atoms with van der Waals surface area (Å²) in [5.41, 5.74) is -3.93. The Balaban J connectivity index is 2.84. The van der Waals surface area contributed by atoms with Crippen molar-refractivity contribution >= 4 is 17.6 Å². The zero-order valence-corrected chi connectivity index (χ0v) is 10.4. The Morgan fingerprint density at radius 1 is 1.52 bits per heavy atom. The molecule has 1 aromatic heterocycles. The van der Waals surface area contributed by atoms with E-state index in [9.17, 15) is 32.9 Å². The van der Waals surface area contributed by atoms with Gasteiger partial charge in [-0.25, -0.2) is 4.79 Å². The fourth-order valence-corrected chi connectivity index (χ4v) is 1.24. The van der Waals surface area contributed by atoms with Gasteiger partial charge in [0.25, 0.3) is 0 Å². The first-order valence-electron chi connectivity index (χ1n) is 5.25. The molecular formula is C9H9F3N4O5. The molecule has 1 heterocycles. The van der Waals surface area contributed by atoms with E-state index in [2.05, 4.69) is 5.10 Å². The molecule has 0 radical (unpaired) electrons. The quantitative estimate of drug-likeness (QED) is 0.595. The van der Waals surface area contributed by atoms with Gasteiger partial charge < -0.3 is 10.4 Å². The molecule has 12 heteroatoms. The lowest BCUT2D eigenvalue weighted by atomic mass is 10.0. The number of aromatic nitrogens is 2. The van der Waals surface area contributed by atoms with Crippen molar-refractivity contribution in [2.45, 2.75) is 25.2 Å². The zero-order chi connectivity index (χ0) is 16.4. The van der Waals surface area contributed by atoms with Crippen LogP contribution in [0.25, 0.3) is 0 Å². The number of nitro groups is 1. The van der Waals surface area contributed by atoms with Crippen LogP contribution in [0.3, 0.4) is 0 Å².